The normalized spacial score (nSPS) is 33.9. The summed E-state index contributed by atoms with van der Waals surface area (Å²) in [6.07, 6.45) is 8.10. The highest BCUT2D eigenvalue weighted by molar-refractivity contribution is 7.11. The first kappa shape index (κ1) is 18.4. The van der Waals surface area contributed by atoms with Gasteiger partial charge in [0.25, 0.3) is 0 Å². The topological polar surface area (TPSA) is 38.7 Å². The molecule has 0 aromatic carbocycles. The van der Waals surface area contributed by atoms with Gasteiger partial charge in [-0.25, -0.2) is 0 Å². The third-order valence-corrected chi connectivity index (χ3v) is 6.85. The molecule has 1 aromatic rings. The molecule has 3 rings (SSSR count). The van der Waals surface area contributed by atoms with Crippen molar-refractivity contribution in [1.82, 2.24) is 0 Å². The van der Waals surface area contributed by atoms with Gasteiger partial charge in [-0.05, 0) is 75.8 Å². The lowest BCUT2D eigenvalue weighted by Crippen LogP contribution is -2.33. The van der Waals surface area contributed by atoms with Crippen LogP contribution < -0.4 is 0 Å². The lowest BCUT2D eigenvalue weighted by molar-refractivity contribution is -0.198. The van der Waals surface area contributed by atoms with E-state index in [1.807, 2.05) is 11.3 Å². The summed E-state index contributed by atoms with van der Waals surface area (Å²) in [4.78, 5) is 2.88. The van der Waals surface area contributed by atoms with Gasteiger partial charge in [0, 0.05) is 28.9 Å². The summed E-state index contributed by atoms with van der Waals surface area (Å²) in [7, 11) is 0. The number of aliphatic hydroxyl groups is 1. The molecular weight excluding hydrogens is 320 g/mol. The van der Waals surface area contributed by atoms with Crippen LogP contribution in [0.25, 0.3) is 0 Å². The van der Waals surface area contributed by atoms with E-state index in [0.29, 0.717) is 11.8 Å². The molecule has 1 aliphatic heterocycles. The Balaban J connectivity index is 1.50. The highest BCUT2D eigenvalue weighted by atomic mass is 32.1. The smallest absolute Gasteiger partial charge is 0.157 e. The first-order valence-corrected chi connectivity index (χ1v) is 10.4. The van der Waals surface area contributed by atoms with Crippen LogP contribution in [0.2, 0.25) is 0 Å². The Bertz CT molecular complexity index is 495. The minimum atomic E-state index is -0.0437. The maximum Gasteiger partial charge on any atom is 0.157 e. The molecule has 1 saturated heterocycles. The number of rotatable bonds is 7. The van der Waals surface area contributed by atoms with Crippen molar-refractivity contribution in [3.8, 4) is 0 Å². The van der Waals surface area contributed by atoms with Gasteiger partial charge >= 0.3 is 0 Å². The van der Waals surface area contributed by atoms with Gasteiger partial charge in [0.15, 0.2) is 6.29 Å². The van der Waals surface area contributed by atoms with E-state index in [2.05, 4.69) is 26.0 Å². The summed E-state index contributed by atoms with van der Waals surface area (Å²) in [6.45, 7) is 5.56. The lowest BCUT2D eigenvalue weighted by atomic mass is 9.86. The van der Waals surface area contributed by atoms with Crippen molar-refractivity contribution >= 4 is 11.3 Å². The van der Waals surface area contributed by atoms with Crippen molar-refractivity contribution in [3.05, 3.63) is 21.9 Å². The van der Waals surface area contributed by atoms with E-state index in [4.69, 9.17) is 9.47 Å². The van der Waals surface area contributed by atoms with Crippen LogP contribution in [0, 0.1) is 24.7 Å². The summed E-state index contributed by atoms with van der Waals surface area (Å²) >= 11 is 1.91. The molecule has 136 valence electrons. The van der Waals surface area contributed by atoms with Gasteiger partial charge in [0.2, 0.25) is 0 Å². The minimum absolute atomic E-state index is 0.0437. The summed E-state index contributed by atoms with van der Waals surface area (Å²) in [5.41, 5.74) is 0. The van der Waals surface area contributed by atoms with E-state index < -0.39 is 0 Å². The molecule has 2 fully saturated rings. The van der Waals surface area contributed by atoms with E-state index >= 15 is 0 Å². The summed E-state index contributed by atoms with van der Waals surface area (Å²) < 4.78 is 12.0. The number of thiophene rings is 1. The average molecular weight is 353 g/mol. The first-order valence-electron chi connectivity index (χ1n) is 9.60. The molecule has 1 aromatic heterocycles. The number of aliphatic hydroxyl groups excluding tert-OH is 1. The second-order valence-corrected chi connectivity index (χ2v) is 8.97. The second kappa shape index (κ2) is 8.79. The molecule has 1 saturated carbocycles. The van der Waals surface area contributed by atoms with E-state index in [-0.39, 0.29) is 24.9 Å². The predicted octanol–water partition coefficient (Wildman–Crippen LogP) is 4.56. The zero-order valence-corrected chi connectivity index (χ0v) is 15.9. The Morgan fingerprint density at radius 2 is 2.17 bits per heavy atom. The lowest BCUT2D eigenvalue weighted by Gasteiger charge is -2.29. The summed E-state index contributed by atoms with van der Waals surface area (Å²) in [6, 6.07) is 4.47. The molecule has 0 spiro atoms. The summed E-state index contributed by atoms with van der Waals surface area (Å²) in [5, 5.41) is 9.96. The van der Waals surface area contributed by atoms with Crippen molar-refractivity contribution in [1.29, 1.82) is 0 Å². The molecule has 5 atom stereocenters. The van der Waals surface area contributed by atoms with Gasteiger partial charge in [0.1, 0.15) is 0 Å². The molecular formula is C20H32O3S. The van der Waals surface area contributed by atoms with Gasteiger partial charge in [-0.2, -0.15) is 0 Å². The second-order valence-electron chi connectivity index (χ2n) is 7.60. The minimum Gasteiger partial charge on any atom is -0.396 e. The van der Waals surface area contributed by atoms with Crippen LogP contribution in [0.15, 0.2) is 12.1 Å². The SMILES string of the molecule is Cc1ccc(CCCC2[C@H](C)C[C@@H](OC3CCCCO3)[C@@H]2CO)s1. The fraction of sp³-hybridized carbons (Fsp3) is 0.800. The molecule has 2 aliphatic rings. The van der Waals surface area contributed by atoms with Gasteiger partial charge < -0.3 is 14.6 Å². The molecule has 2 unspecified atom stereocenters. The van der Waals surface area contributed by atoms with Gasteiger partial charge in [-0.3, -0.25) is 0 Å². The third-order valence-electron chi connectivity index (χ3n) is 5.79. The third kappa shape index (κ3) is 4.60. The molecule has 0 amide bonds. The van der Waals surface area contributed by atoms with Crippen LogP contribution in [0.5, 0.6) is 0 Å². The van der Waals surface area contributed by atoms with Gasteiger partial charge in [0.05, 0.1) is 6.10 Å². The highest BCUT2D eigenvalue weighted by Gasteiger charge is 2.42. The van der Waals surface area contributed by atoms with Crippen molar-refractivity contribution in [3.63, 3.8) is 0 Å². The monoisotopic (exact) mass is 352 g/mol. The maximum absolute atomic E-state index is 9.96. The van der Waals surface area contributed by atoms with Crippen LogP contribution in [-0.2, 0) is 15.9 Å². The molecule has 1 aliphatic carbocycles. The first-order chi connectivity index (χ1) is 11.7. The molecule has 0 bridgehead atoms. The van der Waals surface area contributed by atoms with Crippen LogP contribution in [-0.4, -0.2) is 30.7 Å². The predicted molar refractivity (Wildman–Crippen MR) is 98.3 cm³/mol. The van der Waals surface area contributed by atoms with E-state index in [0.717, 1.165) is 32.3 Å². The van der Waals surface area contributed by atoms with Crippen LogP contribution in [0.1, 0.15) is 55.2 Å². The van der Waals surface area contributed by atoms with E-state index in [9.17, 15) is 5.11 Å². The Morgan fingerprint density at radius 3 is 2.83 bits per heavy atom. The van der Waals surface area contributed by atoms with Crippen molar-refractivity contribution < 1.29 is 14.6 Å². The summed E-state index contributed by atoms with van der Waals surface area (Å²) in [5.74, 6) is 1.47. The van der Waals surface area contributed by atoms with Crippen molar-refractivity contribution in [2.24, 2.45) is 17.8 Å². The standard InChI is InChI=1S/C20H32O3S/c1-14-12-19(23-20-8-3-4-11-22-20)18(13-21)17(14)7-5-6-16-10-9-15(2)24-16/h9-10,14,17-21H,3-8,11-13H2,1-2H3/t14-,17?,18-,19-,20?/m1/s1. The Morgan fingerprint density at radius 1 is 1.29 bits per heavy atom. The van der Waals surface area contributed by atoms with Crippen molar-refractivity contribution in [2.45, 2.75) is 71.2 Å². The number of aryl methyl sites for hydroxylation is 2. The van der Waals surface area contributed by atoms with Gasteiger partial charge in [-0.15, -0.1) is 11.3 Å². The molecule has 4 heteroatoms. The molecule has 3 nitrogen and oxygen atoms in total. The average Bonchev–Trinajstić information content (AvgIpc) is 3.12. The Labute approximate surface area is 150 Å². The molecule has 2 heterocycles. The number of ether oxygens (including phenoxy) is 2. The molecule has 24 heavy (non-hydrogen) atoms. The molecule has 1 N–H and O–H groups in total. The number of hydrogen-bond donors (Lipinski definition) is 1. The van der Waals surface area contributed by atoms with Crippen molar-refractivity contribution in [2.75, 3.05) is 13.2 Å². The maximum atomic E-state index is 9.96. The molecule has 0 radical (unpaired) electrons. The van der Waals surface area contributed by atoms with Crippen LogP contribution >= 0.6 is 11.3 Å². The zero-order valence-electron chi connectivity index (χ0n) is 15.1. The fourth-order valence-corrected chi connectivity index (χ4v) is 5.40. The number of hydrogen-bond acceptors (Lipinski definition) is 4. The fourth-order valence-electron chi connectivity index (χ4n) is 4.47. The highest BCUT2D eigenvalue weighted by Crippen LogP contribution is 2.42. The largest absolute Gasteiger partial charge is 0.396 e. The van der Waals surface area contributed by atoms with Crippen LogP contribution in [0.4, 0.5) is 0 Å². The van der Waals surface area contributed by atoms with E-state index in [1.165, 1.54) is 29.0 Å². The Hall–Kier alpha value is -0.420. The van der Waals surface area contributed by atoms with Gasteiger partial charge in [-0.1, -0.05) is 6.92 Å². The quantitative estimate of drug-likeness (QED) is 0.782. The van der Waals surface area contributed by atoms with E-state index in [1.54, 1.807) is 0 Å². The van der Waals surface area contributed by atoms with Crippen LogP contribution in [0.3, 0.4) is 0 Å². The zero-order chi connectivity index (χ0) is 16.9. The Kier molecular flexibility index (Phi) is 6.73.